The molecular weight excluding hydrogens is 196 g/mol. The largest absolute Gasteiger partial charge is 0.444 e. The molecule has 1 rings (SSSR count). The Balaban J connectivity index is 2.51. The SMILES string of the molecule is CC(C)(C)OC(=O)N1CC[C@](N)(CO)C1. The molecule has 1 aliphatic rings. The Morgan fingerprint density at radius 1 is 1.60 bits per heavy atom. The quantitative estimate of drug-likeness (QED) is 0.661. The first kappa shape index (κ1) is 12.3. The topological polar surface area (TPSA) is 75.8 Å². The lowest BCUT2D eigenvalue weighted by Crippen LogP contribution is -2.47. The lowest BCUT2D eigenvalue weighted by atomic mass is 10.0. The van der Waals surface area contributed by atoms with Crippen LogP contribution < -0.4 is 5.73 Å². The number of amides is 1. The minimum atomic E-state index is -0.656. The molecule has 5 heteroatoms. The van der Waals surface area contributed by atoms with Crippen LogP contribution in [0, 0.1) is 0 Å². The Bertz CT molecular complexity index is 250. The van der Waals surface area contributed by atoms with Crippen molar-refractivity contribution in [3.63, 3.8) is 0 Å². The molecule has 15 heavy (non-hydrogen) atoms. The van der Waals surface area contributed by atoms with Crippen molar-refractivity contribution in [2.24, 2.45) is 5.73 Å². The van der Waals surface area contributed by atoms with Gasteiger partial charge >= 0.3 is 6.09 Å². The first-order chi connectivity index (χ1) is 6.76. The molecule has 88 valence electrons. The van der Waals surface area contributed by atoms with Crippen molar-refractivity contribution in [3.8, 4) is 0 Å². The molecule has 1 heterocycles. The molecule has 1 fully saturated rings. The molecule has 0 aliphatic carbocycles. The summed E-state index contributed by atoms with van der Waals surface area (Å²) in [6.45, 7) is 6.27. The number of carbonyl (C=O) groups excluding carboxylic acids is 1. The van der Waals surface area contributed by atoms with Gasteiger partial charge in [-0.2, -0.15) is 0 Å². The number of likely N-dealkylation sites (tertiary alicyclic amines) is 1. The standard InChI is InChI=1S/C10H20N2O3/c1-9(2,3)15-8(14)12-5-4-10(11,6-12)7-13/h13H,4-7,11H2,1-3H3/t10-/m1/s1. The van der Waals surface area contributed by atoms with E-state index in [0.29, 0.717) is 19.5 Å². The number of ether oxygens (including phenoxy) is 1. The van der Waals surface area contributed by atoms with E-state index in [9.17, 15) is 4.79 Å². The summed E-state index contributed by atoms with van der Waals surface area (Å²) in [5, 5.41) is 9.05. The lowest BCUT2D eigenvalue weighted by Gasteiger charge is -2.26. The van der Waals surface area contributed by atoms with E-state index < -0.39 is 11.1 Å². The van der Waals surface area contributed by atoms with Crippen LogP contribution in [0.15, 0.2) is 0 Å². The molecule has 0 aromatic heterocycles. The number of rotatable bonds is 1. The Morgan fingerprint density at radius 3 is 2.60 bits per heavy atom. The third-order valence-electron chi connectivity index (χ3n) is 2.35. The van der Waals surface area contributed by atoms with Gasteiger partial charge in [0.15, 0.2) is 0 Å². The van der Waals surface area contributed by atoms with Crippen molar-refractivity contribution in [1.29, 1.82) is 0 Å². The Kier molecular flexibility index (Phi) is 3.25. The van der Waals surface area contributed by atoms with E-state index in [2.05, 4.69) is 0 Å². The fourth-order valence-corrected chi connectivity index (χ4v) is 1.51. The summed E-state index contributed by atoms with van der Waals surface area (Å²) in [4.78, 5) is 13.2. The molecule has 0 radical (unpaired) electrons. The molecule has 5 nitrogen and oxygen atoms in total. The number of aliphatic hydroxyl groups is 1. The van der Waals surface area contributed by atoms with Crippen molar-refractivity contribution in [3.05, 3.63) is 0 Å². The van der Waals surface area contributed by atoms with Gasteiger partial charge in [0.05, 0.1) is 12.1 Å². The maximum absolute atomic E-state index is 11.6. The highest BCUT2D eigenvalue weighted by atomic mass is 16.6. The molecule has 0 spiro atoms. The minimum Gasteiger partial charge on any atom is -0.444 e. The van der Waals surface area contributed by atoms with Gasteiger partial charge in [-0.25, -0.2) is 4.79 Å². The van der Waals surface area contributed by atoms with Crippen molar-refractivity contribution in [1.82, 2.24) is 4.90 Å². The van der Waals surface area contributed by atoms with Crippen LogP contribution >= 0.6 is 0 Å². The predicted octanol–water partition coefficient (Wildman–Crippen LogP) is 0.317. The Hall–Kier alpha value is -0.810. The number of hydrogen-bond acceptors (Lipinski definition) is 4. The third kappa shape index (κ3) is 3.35. The van der Waals surface area contributed by atoms with Crippen LogP contribution in [0.4, 0.5) is 4.79 Å². The number of nitrogens with zero attached hydrogens (tertiary/aromatic N) is 1. The first-order valence-electron chi connectivity index (χ1n) is 5.13. The number of nitrogens with two attached hydrogens (primary N) is 1. The molecule has 1 saturated heterocycles. The summed E-state index contributed by atoms with van der Waals surface area (Å²) in [6.07, 6.45) is 0.256. The number of hydrogen-bond donors (Lipinski definition) is 2. The molecular formula is C10H20N2O3. The van der Waals surface area contributed by atoms with Gasteiger partial charge in [-0.1, -0.05) is 0 Å². The lowest BCUT2D eigenvalue weighted by molar-refractivity contribution is 0.0278. The maximum Gasteiger partial charge on any atom is 0.410 e. The minimum absolute atomic E-state index is 0.105. The van der Waals surface area contributed by atoms with Gasteiger partial charge < -0.3 is 20.5 Å². The van der Waals surface area contributed by atoms with Crippen LogP contribution in [0.2, 0.25) is 0 Å². The molecule has 0 bridgehead atoms. The van der Waals surface area contributed by atoms with Gasteiger partial charge in [0.1, 0.15) is 5.60 Å². The van der Waals surface area contributed by atoms with E-state index in [0.717, 1.165) is 0 Å². The predicted molar refractivity (Wildman–Crippen MR) is 56.4 cm³/mol. The molecule has 3 N–H and O–H groups in total. The van der Waals surface area contributed by atoms with E-state index in [-0.39, 0.29) is 12.7 Å². The summed E-state index contributed by atoms with van der Waals surface area (Å²) in [5.74, 6) is 0. The van der Waals surface area contributed by atoms with Gasteiger partial charge in [-0.15, -0.1) is 0 Å². The highest BCUT2D eigenvalue weighted by Crippen LogP contribution is 2.20. The molecule has 0 aromatic carbocycles. The Labute approximate surface area is 90.2 Å². The van der Waals surface area contributed by atoms with Gasteiger partial charge in [0.25, 0.3) is 0 Å². The average molecular weight is 216 g/mol. The van der Waals surface area contributed by atoms with E-state index >= 15 is 0 Å². The van der Waals surface area contributed by atoms with Crippen LogP contribution in [-0.4, -0.2) is 46.9 Å². The summed E-state index contributed by atoms with van der Waals surface area (Å²) in [5.41, 5.74) is 4.71. The first-order valence-corrected chi connectivity index (χ1v) is 5.13. The highest BCUT2D eigenvalue weighted by Gasteiger charge is 2.37. The molecule has 1 amide bonds. The summed E-state index contributed by atoms with van der Waals surface area (Å²) < 4.78 is 5.21. The zero-order valence-electron chi connectivity index (χ0n) is 9.62. The average Bonchev–Trinajstić information content (AvgIpc) is 2.46. The second-order valence-corrected chi connectivity index (χ2v) is 5.17. The normalized spacial score (nSPS) is 26.9. The van der Waals surface area contributed by atoms with E-state index in [4.69, 9.17) is 15.6 Å². The molecule has 1 atom stereocenters. The zero-order valence-corrected chi connectivity index (χ0v) is 9.62. The fraction of sp³-hybridized carbons (Fsp3) is 0.900. The summed E-state index contributed by atoms with van der Waals surface area (Å²) >= 11 is 0. The van der Waals surface area contributed by atoms with Gasteiger partial charge in [0, 0.05) is 13.1 Å². The van der Waals surface area contributed by atoms with Crippen LogP contribution in [0.5, 0.6) is 0 Å². The second kappa shape index (κ2) is 3.98. The van der Waals surface area contributed by atoms with Crippen LogP contribution in [-0.2, 0) is 4.74 Å². The third-order valence-corrected chi connectivity index (χ3v) is 2.35. The Morgan fingerprint density at radius 2 is 2.20 bits per heavy atom. The molecule has 0 saturated carbocycles. The number of carbonyl (C=O) groups is 1. The van der Waals surface area contributed by atoms with Crippen molar-refractivity contribution < 1.29 is 14.6 Å². The van der Waals surface area contributed by atoms with Gasteiger partial charge in [-0.05, 0) is 27.2 Å². The van der Waals surface area contributed by atoms with E-state index in [1.807, 2.05) is 20.8 Å². The summed E-state index contributed by atoms with van der Waals surface area (Å²) in [6, 6.07) is 0. The van der Waals surface area contributed by atoms with Crippen molar-refractivity contribution >= 4 is 6.09 Å². The van der Waals surface area contributed by atoms with Crippen molar-refractivity contribution in [2.75, 3.05) is 19.7 Å². The van der Waals surface area contributed by atoms with Gasteiger partial charge in [0.2, 0.25) is 0 Å². The van der Waals surface area contributed by atoms with E-state index in [1.165, 1.54) is 0 Å². The van der Waals surface area contributed by atoms with Crippen LogP contribution in [0.1, 0.15) is 27.2 Å². The highest BCUT2D eigenvalue weighted by molar-refractivity contribution is 5.68. The van der Waals surface area contributed by atoms with E-state index in [1.54, 1.807) is 4.90 Å². The van der Waals surface area contributed by atoms with Crippen LogP contribution in [0.3, 0.4) is 0 Å². The zero-order chi connectivity index (χ0) is 11.7. The molecule has 1 aliphatic heterocycles. The number of aliphatic hydroxyl groups excluding tert-OH is 1. The van der Waals surface area contributed by atoms with Gasteiger partial charge in [-0.3, -0.25) is 0 Å². The van der Waals surface area contributed by atoms with Crippen molar-refractivity contribution in [2.45, 2.75) is 38.3 Å². The van der Waals surface area contributed by atoms with Crippen LogP contribution in [0.25, 0.3) is 0 Å². The maximum atomic E-state index is 11.6. The molecule has 0 unspecified atom stereocenters. The molecule has 0 aromatic rings. The second-order valence-electron chi connectivity index (χ2n) is 5.17. The smallest absolute Gasteiger partial charge is 0.410 e. The monoisotopic (exact) mass is 216 g/mol. The summed E-state index contributed by atoms with van der Waals surface area (Å²) in [7, 11) is 0. The fourth-order valence-electron chi connectivity index (χ4n) is 1.51.